The molecule has 2 N–H and O–H groups in total. The molecule has 0 heterocycles. The third-order valence-electron chi connectivity index (χ3n) is 5.13. The molecule has 126 valence electrons. The molecule has 0 aliphatic heterocycles. The predicted octanol–water partition coefficient (Wildman–Crippen LogP) is 1.80. The standard InChI is InChI=1S/C14H23ClN2O4S/c15-1-2-21-13(18)16-9-22(19,20)17-14-6-10-3-11(7-14)5-12(4-10)8-14/h10-12,17H,1-9H2,(H,16,18). The predicted molar refractivity (Wildman–Crippen MR) is 83.0 cm³/mol. The maximum atomic E-state index is 12.3. The van der Waals surface area contributed by atoms with Gasteiger partial charge in [-0.05, 0) is 56.3 Å². The van der Waals surface area contributed by atoms with Crippen molar-refractivity contribution in [2.24, 2.45) is 17.8 Å². The fourth-order valence-electron chi connectivity index (χ4n) is 4.94. The molecule has 0 aromatic carbocycles. The molecule has 6 nitrogen and oxygen atoms in total. The summed E-state index contributed by atoms with van der Waals surface area (Å²) in [6, 6.07) is 0. The Morgan fingerprint density at radius 3 is 2.18 bits per heavy atom. The number of ether oxygens (including phenoxy) is 1. The third kappa shape index (κ3) is 3.68. The highest BCUT2D eigenvalue weighted by Gasteiger charge is 2.52. The lowest BCUT2D eigenvalue weighted by molar-refractivity contribution is -0.00813. The Kier molecular flexibility index (Phi) is 4.58. The average Bonchev–Trinajstić information content (AvgIpc) is 2.40. The SMILES string of the molecule is O=C(NCS(=O)(=O)NC12CC3CC(CC(C3)C1)C2)OCCCl. The molecule has 4 fully saturated rings. The Morgan fingerprint density at radius 1 is 1.14 bits per heavy atom. The smallest absolute Gasteiger partial charge is 0.408 e. The van der Waals surface area contributed by atoms with Gasteiger partial charge in [-0.15, -0.1) is 11.6 Å². The molecular weight excluding hydrogens is 328 g/mol. The topological polar surface area (TPSA) is 84.5 Å². The van der Waals surface area contributed by atoms with Crippen LogP contribution in [0.2, 0.25) is 0 Å². The zero-order chi connectivity index (χ0) is 15.8. The van der Waals surface area contributed by atoms with Crippen molar-refractivity contribution in [2.75, 3.05) is 18.4 Å². The number of alkyl carbamates (subject to hydrolysis) is 1. The van der Waals surface area contributed by atoms with Crippen LogP contribution in [0.1, 0.15) is 38.5 Å². The molecule has 8 heteroatoms. The van der Waals surface area contributed by atoms with E-state index in [2.05, 4.69) is 10.0 Å². The van der Waals surface area contributed by atoms with Crippen LogP contribution in [0, 0.1) is 17.8 Å². The van der Waals surface area contributed by atoms with Crippen molar-refractivity contribution in [3.05, 3.63) is 0 Å². The molecule has 0 radical (unpaired) electrons. The second kappa shape index (κ2) is 6.17. The second-order valence-corrected chi connectivity index (χ2v) is 9.16. The summed E-state index contributed by atoms with van der Waals surface area (Å²) in [4.78, 5) is 11.3. The van der Waals surface area contributed by atoms with Crippen LogP contribution < -0.4 is 10.0 Å². The summed E-state index contributed by atoms with van der Waals surface area (Å²) < 4.78 is 32.2. The highest BCUT2D eigenvalue weighted by Crippen LogP contribution is 2.55. The number of nitrogens with one attached hydrogen (secondary N) is 2. The number of rotatable bonds is 6. The Hall–Kier alpha value is -0.530. The van der Waals surface area contributed by atoms with Gasteiger partial charge in [0.05, 0.1) is 5.88 Å². The lowest BCUT2D eigenvalue weighted by atomic mass is 9.53. The minimum absolute atomic E-state index is 0.0653. The van der Waals surface area contributed by atoms with Crippen molar-refractivity contribution in [2.45, 2.75) is 44.1 Å². The number of amides is 1. The maximum Gasteiger partial charge on any atom is 0.408 e. The third-order valence-corrected chi connectivity index (χ3v) is 6.55. The van der Waals surface area contributed by atoms with Gasteiger partial charge < -0.3 is 10.1 Å². The highest BCUT2D eigenvalue weighted by atomic mass is 35.5. The van der Waals surface area contributed by atoms with Crippen molar-refractivity contribution in [1.82, 2.24) is 10.0 Å². The first-order valence-corrected chi connectivity index (χ1v) is 10.1. The van der Waals surface area contributed by atoms with Crippen molar-refractivity contribution in [3.63, 3.8) is 0 Å². The molecule has 0 spiro atoms. The van der Waals surface area contributed by atoms with Gasteiger partial charge in [-0.2, -0.15) is 0 Å². The van der Waals surface area contributed by atoms with Crippen molar-refractivity contribution in [3.8, 4) is 0 Å². The van der Waals surface area contributed by atoms with Crippen molar-refractivity contribution in [1.29, 1.82) is 0 Å². The molecule has 0 unspecified atom stereocenters. The van der Waals surface area contributed by atoms with Crippen LogP contribution >= 0.6 is 11.6 Å². The minimum Gasteiger partial charge on any atom is -0.448 e. The number of sulfonamides is 1. The van der Waals surface area contributed by atoms with Crippen LogP contribution in [0.25, 0.3) is 0 Å². The van der Waals surface area contributed by atoms with Gasteiger partial charge in [0.25, 0.3) is 0 Å². The van der Waals surface area contributed by atoms with Crippen molar-refractivity contribution >= 4 is 27.7 Å². The number of carbonyl (C=O) groups is 1. The molecule has 4 saturated carbocycles. The molecule has 22 heavy (non-hydrogen) atoms. The van der Waals surface area contributed by atoms with E-state index in [1.807, 2.05) is 0 Å². The molecule has 1 amide bonds. The van der Waals surface area contributed by atoms with Gasteiger partial charge in [0, 0.05) is 5.54 Å². The van der Waals surface area contributed by atoms with Crippen LogP contribution in [-0.2, 0) is 14.8 Å². The van der Waals surface area contributed by atoms with E-state index in [1.54, 1.807) is 0 Å². The fourth-order valence-corrected chi connectivity index (χ4v) is 6.30. The molecule has 0 atom stereocenters. The fraction of sp³-hybridized carbons (Fsp3) is 0.929. The lowest BCUT2D eigenvalue weighted by Crippen LogP contribution is -2.60. The van der Waals surface area contributed by atoms with Gasteiger partial charge in [0.1, 0.15) is 12.5 Å². The van der Waals surface area contributed by atoms with E-state index in [4.69, 9.17) is 16.3 Å². The average molecular weight is 351 g/mol. The summed E-state index contributed by atoms with van der Waals surface area (Å²) in [5, 5.41) is 2.27. The van der Waals surface area contributed by atoms with Crippen LogP contribution in [0.15, 0.2) is 0 Å². The van der Waals surface area contributed by atoms with Crippen LogP contribution in [-0.4, -0.2) is 38.4 Å². The van der Waals surface area contributed by atoms with E-state index in [-0.39, 0.29) is 18.0 Å². The summed E-state index contributed by atoms with van der Waals surface area (Å²) in [6.07, 6.45) is 5.83. The Labute approximate surface area is 136 Å². The molecule has 4 aliphatic carbocycles. The van der Waals surface area contributed by atoms with Gasteiger partial charge in [0.2, 0.25) is 10.0 Å². The monoisotopic (exact) mass is 350 g/mol. The molecule has 4 aliphatic rings. The first-order chi connectivity index (χ1) is 10.4. The number of halogens is 1. The molecule has 4 rings (SSSR count). The molecule has 0 aromatic heterocycles. The first-order valence-electron chi connectivity index (χ1n) is 7.88. The zero-order valence-corrected chi connectivity index (χ0v) is 14.1. The van der Waals surface area contributed by atoms with Gasteiger partial charge in [-0.3, -0.25) is 0 Å². The van der Waals surface area contributed by atoms with Crippen LogP contribution in [0.4, 0.5) is 4.79 Å². The number of hydrogen-bond acceptors (Lipinski definition) is 4. The Morgan fingerprint density at radius 2 is 1.68 bits per heavy atom. The molecule has 0 aromatic rings. The Bertz CT molecular complexity index is 502. The summed E-state index contributed by atoms with van der Waals surface area (Å²) in [5.41, 5.74) is -0.282. The van der Waals surface area contributed by atoms with E-state index in [1.165, 1.54) is 19.3 Å². The van der Waals surface area contributed by atoms with E-state index in [0.29, 0.717) is 17.8 Å². The molecular formula is C14H23ClN2O4S. The highest BCUT2D eigenvalue weighted by molar-refractivity contribution is 7.89. The van der Waals surface area contributed by atoms with Gasteiger partial charge in [-0.25, -0.2) is 17.9 Å². The summed E-state index contributed by atoms with van der Waals surface area (Å²) in [5.74, 6) is 1.73. The molecule has 0 saturated heterocycles. The summed E-state index contributed by atoms with van der Waals surface area (Å²) >= 11 is 5.40. The normalized spacial score (nSPS) is 36.3. The number of alkyl halides is 1. The largest absolute Gasteiger partial charge is 0.448 e. The van der Waals surface area contributed by atoms with Gasteiger partial charge in [0.15, 0.2) is 0 Å². The minimum atomic E-state index is -3.56. The van der Waals surface area contributed by atoms with E-state index in [0.717, 1.165) is 19.3 Å². The number of carbonyl (C=O) groups excluding carboxylic acids is 1. The van der Waals surface area contributed by atoms with Crippen LogP contribution in [0.5, 0.6) is 0 Å². The number of hydrogen-bond donors (Lipinski definition) is 2. The van der Waals surface area contributed by atoms with Gasteiger partial charge in [-0.1, -0.05) is 0 Å². The second-order valence-electron chi connectivity index (χ2n) is 7.06. The van der Waals surface area contributed by atoms with Crippen LogP contribution in [0.3, 0.4) is 0 Å². The zero-order valence-electron chi connectivity index (χ0n) is 12.5. The molecule has 4 bridgehead atoms. The lowest BCUT2D eigenvalue weighted by Gasteiger charge is -2.56. The Balaban J connectivity index is 1.56. The summed E-state index contributed by atoms with van der Waals surface area (Å²) in [7, 11) is -3.56. The summed E-state index contributed by atoms with van der Waals surface area (Å²) in [6.45, 7) is 0.0653. The maximum absolute atomic E-state index is 12.3. The van der Waals surface area contributed by atoms with E-state index >= 15 is 0 Å². The van der Waals surface area contributed by atoms with E-state index in [9.17, 15) is 13.2 Å². The van der Waals surface area contributed by atoms with E-state index < -0.39 is 22.0 Å². The van der Waals surface area contributed by atoms with Gasteiger partial charge >= 0.3 is 6.09 Å². The quantitative estimate of drug-likeness (QED) is 0.715. The first kappa shape index (κ1) is 16.3. The van der Waals surface area contributed by atoms with Crippen molar-refractivity contribution < 1.29 is 17.9 Å².